The van der Waals surface area contributed by atoms with Gasteiger partial charge in [-0.1, -0.05) is 29.8 Å². The van der Waals surface area contributed by atoms with E-state index in [-0.39, 0.29) is 11.7 Å². The highest BCUT2D eigenvalue weighted by atomic mass is 16.5. The van der Waals surface area contributed by atoms with Gasteiger partial charge < -0.3 is 20.3 Å². The van der Waals surface area contributed by atoms with E-state index in [1.54, 1.807) is 24.5 Å². The van der Waals surface area contributed by atoms with E-state index < -0.39 is 0 Å². The summed E-state index contributed by atoms with van der Waals surface area (Å²) in [4.78, 5) is 12.8. The van der Waals surface area contributed by atoms with Crippen molar-refractivity contribution in [3.63, 3.8) is 0 Å². The Hall–Kier alpha value is -3.61. The van der Waals surface area contributed by atoms with Gasteiger partial charge in [-0.3, -0.25) is 0 Å². The fraction of sp³-hybridized carbons (Fsp3) is 0.190. The number of methoxy groups -OCH3 is 2. The molecule has 0 spiro atoms. The van der Waals surface area contributed by atoms with Crippen LogP contribution in [0.3, 0.4) is 0 Å². The average molecular weight is 378 g/mol. The van der Waals surface area contributed by atoms with Crippen molar-refractivity contribution in [3.05, 3.63) is 64.8 Å². The number of rotatable bonds is 6. The quantitative estimate of drug-likeness (QED) is 0.637. The molecule has 28 heavy (non-hydrogen) atoms. The van der Waals surface area contributed by atoms with Crippen LogP contribution in [0.15, 0.2) is 47.6 Å². The predicted octanol–water partition coefficient (Wildman–Crippen LogP) is 3.43. The van der Waals surface area contributed by atoms with Crippen LogP contribution in [0, 0.1) is 6.92 Å². The van der Waals surface area contributed by atoms with E-state index in [0.717, 1.165) is 16.7 Å². The van der Waals surface area contributed by atoms with Gasteiger partial charge in [-0.15, -0.1) is 0 Å². The van der Waals surface area contributed by atoms with E-state index in [2.05, 4.69) is 15.0 Å². The second-order valence-electron chi connectivity index (χ2n) is 6.27. The summed E-state index contributed by atoms with van der Waals surface area (Å²) in [5.41, 5.74) is 9.53. The Morgan fingerprint density at radius 1 is 1.11 bits per heavy atom. The Bertz CT molecular complexity index is 976. The summed E-state index contributed by atoms with van der Waals surface area (Å²) >= 11 is 0. The van der Waals surface area contributed by atoms with Crippen LogP contribution in [0.5, 0.6) is 17.2 Å². The van der Waals surface area contributed by atoms with Crippen molar-refractivity contribution < 1.29 is 14.6 Å². The van der Waals surface area contributed by atoms with E-state index in [1.165, 1.54) is 19.8 Å². The van der Waals surface area contributed by atoms with Crippen LogP contribution in [-0.2, 0) is 6.42 Å². The summed E-state index contributed by atoms with van der Waals surface area (Å²) in [6.07, 6.45) is 3.85. The van der Waals surface area contributed by atoms with Crippen LogP contribution in [0.1, 0.15) is 22.3 Å². The number of aliphatic imine (C=N–C) groups is 1. The second-order valence-corrected chi connectivity index (χ2v) is 6.27. The Kier molecular flexibility index (Phi) is 5.74. The molecule has 7 nitrogen and oxygen atoms in total. The molecule has 0 atom stereocenters. The van der Waals surface area contributed by atoms with Crippen molar-refractivity contribution in [3.8, 4) is 17.2 Å². The lowest BCUT2D eigenvalue weighted by Gasteiger charge is -2.12. The highest BCUT2D eigenvalue weighted by Crippen LogP contribution is 2.38. The molecule has 0 saturated heterocycles. The lowest BCUT2D eigenvalue weighted by Crippen LogP contribution is -2.00. The van der Waals surface area contributed by atoms with E-state index in [4.69, 9.17) is 15.2 Å². The van der Waals surface area contributed by atoms with E-state index in [0.29, 0.717) is 23.7 Å². The molecule has 0 bridgehead atoms. The Morgan fingerprint density at radius 2 is 1.75 bits per heavy atom. The molecule has 0 aliphatic carbocycles. The minimum Gasteiger partial charge on any atom is -0.502 e. The first-order valence-corrected chi connectivity index (χ1v) is 8.66. The van der Waals surface area contributed by atoms with Gasteiger partial charge in [-0.05, 0) is 30.2 Å². The van der Waals surface area contributed by atoms with Gasteiger partial charge >= 0.3 is 0 Å². The fourth-order valence-electron chi connectivity index (χ4n) is 2.71. The molecular weight excluding hydrogens is 356 g/mol. The van der Waals surface area contributed by atoms with Crippen molar-refractivity contribution in [2.45, 2.75) is 13.3 Å². The standard InChI is InChI=1S/C21H22N4O3/c1-13-4-6-14(7-5-13)11-23-20-16(12-24-21(22)25-20)8-15-9-17(27-2)19(26)18(10-15)28-3/h4-7,9-12,26H,8H2,1-3H3,(H2,22,24,25). The topological polar surface area (TPSA) is 103 Å². The maximum absolute atomic E-state index is 10.1. The van der Waals surface area contributed by atoms with Crippen molar-refractivity contribution in [2.75, 3.05) is 20.0 Å². The third kappa shape index (κ3) is 4.37. The molecule has 3 N–H and O–H groups in total. The van der Waals surface area contributed by atoms with Crippen LogP contribution in [0.2, 0.25) is 0 Å². The maximum atomic E-state index is 10.1. The van der Waals surface area contributed by atoms with Gasteiger partial charge in [0.2, 0.25) is 11.7 Å². The average Bonchev–Trinajstić information content (AvgIpc) is 2.70. The molecule has 0 amide bonds. The fourth-order valence-corrected chi connectivity index (χ4v) is 2.71. The molecule has 1 aromatic heterocycles. The summed E-state index contributed by atoms with van der Waals surface area (Å²) in [6.45, 7) is 2.03. The van der Waals surface area contributed by atoms with Crippen LogP contribution >= 0.6 is 0 Å². The largest absolute Gasteiger partial charge is 0.502 e. The van der Waals surface area contributed by atoms with Crippen molar-refractivity contribution >= 4 is 18.0 Å². The maximum Gasteiger partial charge on any atom is 0.222 e. The molecule has 0 fully saturated rings. The van der Waals surface area contributed by atoms with Crippen molar-refractivity contribution in [2.24, 2.45) is 4.99 Å². The number of hydrogen-bond donors (Lipinski definition) is 2. The van der Waals surface area contributed by atoms with Gasteiger partial charge in [-0.2, -0.15) is 4.98 Å². The number of nitrogens with two attached hydrogens (primary N) is 1. The minimum absolute atomic E-state index is 0.0417. The lowest BCUT2D eigenvalue weighted by atomic mass is 10.1. The predicted molar refractivity (Wildman–Crippen MR) is 109 cm³/mol. The van der Waals surface area contributed by atoms with Crippen LogP contribution < -0.4 is 15.2 Å². The molecule has 3 aromatic rings. The first kappa shape index (κ1) is 19.2. The highest BCUT2D eigenvalue weighted by molar-refractivity contribution is 5.81. The SMILES string of the molecule is COc1cc(Cc2cnc(N)nc2N=Cc2ccc(C)cc2)cc(OC)c1O. The summed E-state index contributed by atoms with van der Waals surface area (Å²) in [7, 11) is 2.98. The van der Waals surface area contributed by atoms with E-state index >= 15 is 0 Å². The molecule has 0 aliphatic rings. The zero-order valence-electron chi connectivity index (χ0n) is 16.0. The summed E-state index contributed by atoms with van der Waals surface area (Å²) in [5.74, 6) is 1.26. The number of nitrogens with zero attached hydrogens (tertiary/aromatic N) is 3. The number of hydrogen-bond acceptors (Lipinski definition) is 7. The number of nitrogen functional groups attached to an aromatic ring is 1. The molecule has 0 saturated carbocycles. The summed E-state index contributed by atoms with van der Waals surface area (Å²) < 4.78 is 10.4. The normalized spacial score (nSPS) is 11.0. The van der Waals surface area contributed by atoms with Crippen molar-refractivity contribution in [1.82, 2.24) is 9.97 Å². The molecule has 0 unspecified atom stereocenters. The Labute approximate surface area is 163 Å². The van der Waals surface area contributed by atoms with Gasteiger partial charge in [-0.25, -0.2) is 9.98 Å². The smallest absolute Gasteiger partial charge is 0.222 e. The van der Waals surface area contributed by atoms with Crippen LogP contribution in [0.4, 0.5) is 11.8 Å². The van der Waals surface area contributed by atoms with Crippen LogP contribution in [0.25, 0.3) is 0 Å². The third-order valence-corrected chi connectivity index (χ3v) is 4.21. The number of aryl methyl sites for hydroxylation is 1. The molecule has 7 heteroatoms. The molecule has 0 radical (unpaired) electrons. The molecule has 2 aromatic carbocycles. The zero-order valence-corrected chi connectivity index (χ0v) is 16.0. The van der Waals surface area contributed by atoms with E-state index in [9.17, 15) is 5.11 Å². The van der Waals surface area contributed by atoms with E-state index in [1.807, 2.05) is 31.2 Å². The Balaban J connectivity index is 1.94. The highest BCUT2D eigenvalue weighted by Gasteiger charge is 2.13. The summed E-state index contributed by atoms with van der Waals surface area (Å²) in [5, 5.41) is 10.1. The van der Waals surface area contributed by atoms with Gasteiger partial charge in [0, 0.05) is 24.4 Å². The monoisotopic (exact) mass is 378 g/mol. The number of anilines is 1. The summed E-state index contributed by atoms with van der Waals surface area (Å²) in [6, 6.07) is 11.5. The molecular formula is C21H22N4O3. The van der Waals surface area contributed by atoms with Crippen LogP contribution in [-0.4, -0.2) is 35.5 Å². The van der Waals surface area contributed by atoms with Gasteiger partial charge in [0.05, 0.1) is 14.2 Å². The zero-order chi connectivity index (χ0) is 20.1. The molecule has 144 valence electrons. The van der Waals surface area contributed by atoms with Gasteiger partial charge in [0.25, 0.3) is 0 Å². The minimum atomic E-state index is -0.0417. The number of benzene rings is 2. The Morgan fingerprint density at radius 3 is 2.36 bits per heavy atom. The van der Waals surface area contributed by atoms with Crippen molar-refractivity contribution in [1.29, 1.82) is 0 Å². The first-order chi connectivity index (χ1) is 13.5. The molecule has 0 aliphatic heterocycles. The lowest BCUT2D eigenvalue weighted by molar-refractivity contribution is 0.339. The molecule has 1 heterocycles. The number of phenolic OH excluding ortho intramolecular Hbond substituents is 1. The number of phenols is 1. The first-order valence-electron chi connectivity index (χ1n) is 8.66. The molecule has 3 rings (SSSR count). The van der Waals surface area contributed by atoms with Gasteiger partial charge in [0.1, 0.15) is 0 Å². The number of aromatic nitrogens is 2. The second kappa shape index (κ2) is 8.39. The third-order valence-electron chi connectivity index (χ3n) is 4.21. The van der Waals surface area contributed by atoms with Gasteiger partial charge in [0.15, 0.2) is 17.3 Å². The number of aromatic hydroxyl groups is 1. The number of ether oxygens (including phenoxy) is 2.